The van der Waals surface area contributed by atoms with Crippen LogP contribution < -0.4 is 0 Å². The first kappa shape index (κ1) is 16.3. The Morgan fingerprint density at radius 3 is 2.55 bits per heavy atom. The van der Waals surface area contributed by atoms with Crippen molar-refractivity contribution in [3.8, 4) is 0 Å². The Labute approximate surface area is 116 Å². The first-order valence-electron chi connectivity index (χ1n) is 6.27. The molecular weight excluding hydrogens is 266 g/mol. The third-order valence-corrected chi connectivity index (χ3v) is 3.38. The number of carboxylic acids is 1. The predicted octanol–water partition coefficient (Wildman–Crippen LogP) is 3.23. The van der Waals surface area contributed by atoms with Crippen LogP contribution in [0.3, 0.4) is 0 Å². The standard InChI is InChI=1S/C15H18F2O3/c1-10(12-6-5-11(16)8-13(12)17)4-3-7-15(2,9-18)14(19)20/h5-6,8,18H,1,3-4,7,9H2,2H3,(H,19,20). The van der Waals surface area contributed by atoms with E-state index in [1.165, 1.54) is 13.0 Å². The first-order valence-corrected chi connectivity index (χ1v) is 6.27. The van der Waals surface area contributed by atoms with Crippen molar-refractivity contribution < 1.29 is 23.8 Å². The molecule has 0 radical (unpaired) electrons. The Kier molecular flexibility index (Phi) is 5.39. The van der Waals surface area contributed by atoms with E-state index in [1.807, 2.05) is 0 Å². The topological polar surface area (TPSA) is 57.5 Å². The van der Waals surface area contributed by atoms with Crippen LogP contribution in [-0.2, 0) is 4.79 Å². The molecular formula is C15H18F2O3. The van der Waals surface area contributed by atoms with Crippen molar-refractivity contribution in [1.82, 2.24) is 0 Å². The van der Waals surface area contributed by atoms with Crippen molar-refractivity contribution >= 4 is 11.5 Å². The quantitative estimate of drug-likeness (QED) is 0.808. The van der Waals surface area contributed by atoms with Crippen molar-refractivity contribution in [2.45, 2.75) is 26.2 Å². The summed E-state index contributed by atoms with van der Waals surface area (Å²) >= 11 is 0. The Morgan fingerprint density at radius 1 is 1.40 bits per heavy atom. The van der Waals surface area contributed by atoms with Gasteiger partial charge in [0, 0.05) is 11.6 Å². The molecule has 0 saturated heterocycles. The summed E-state index contributed by atoms with van der Waals surface area (Å²) in [7, 11) is 0. The van der Waals surface area contributed by atoms with Crippen molar-refractivity contribution in [2.75, 3.05) is 6.61 Å². The van der Waals surface area contributed by atoms with Gasteiger partial charge in [0.2, 0.25) is 0 Å². The number of hydrogen-bond donors (Lipinski definition) is 2. The van der Waals surface area contributed by atoms with Crippen LogP contribution in [0.1, 0.15) is 31.7 Å². The fourth-order valence-electron chi connectivity index (χ4n) is 1.86. The second-order valence-electron chi connectivity index (χ2n) is 5.11. The SMILES string of the molecule is C=C(CCCC(C)(CO)C(=O)O)c1ccc(F)cc1F. The summed E-state index contributed by atoms with van der Waals surface area (Å²) in [6.45, 7) is 4.73. The fourth-order valence-corrected chi connectivity index (χ4v) is 1.86. The van der Waals surface area contributed by atoms with Gasteiger partial charge in [0.15, 0.2) is 0 Å². The summed E-state index contributed by atoms with van der Waals surface area (Å²) in [6, 6.07) is 3.25. The number of aliphatic carboxylic acids is 1. The average Bonchev–Trinajstić information content (AvgIpc) is 2.37. The van der Waals surface area contributed by atoms with E-state index < -0.39 is 29.6 Å². The lowest BCUT2D eigenvalue weighted by molar-refractivity contribution is -0.150. The van der Waals surface area contributed by atoms with E-state index in [-0.39, 0.29) is 12.0 Å². The summed E-state index contributed by atoms with van der Waals surface area (Å²) in [6.07, 6.45) is 1.07. The molecule has 110 valence electrons. The molecule has 0 fully saturated rings. The second-order valence-corrected chi connectivity index (χ2v) is 5.11. The molecule has 2 N–H and O–H groups in total. The van der Waals surface area contributed by atoms with Crippen LogP contribution in [0.5, 0.6) is 0 Å². The molecule has 1 unspecified atom stereocenters. The molecule has 1 rings (SSSR count). The van der Waals surface area contributed by atoms with Gasteiger partial charge < -0.3 is 10.2 Å². The maximum absolute atomic E-state index is 13.5. The minimum absolute atomic E-state index is 0.229. The number of aliphatic hydroxyl groups is 1. The summed E-state index contributed by atoms with van der Waals surface area (Å²) in [5, 5.41) is 18.1. The second kappa shape index (κ2) is 6.61. The zero-order chi connectivity index (χ0) is 15.3. The van der Waals surface area contributed by atoms with Gasteiger partial charge in [0.1, 0.15) is 11.6 Å². The highest BCUT2D eigenvalue weighted by Gasteiger charge is 2.31. The molecule has 1 aromatic carbocycles. The number of allylic oxidation sites excluding steroid dienone is 1. The highest BCUT2D eigenvalue weighted by atomic mass is 19.1. The number of carboxylic acid groups (broad SMARTS) is 1. The lowest BCUT2D eigenvalue weighted by Crippen LogP contribution is -2.31. The van der Waals surface area contributed by atoms with Gasteiger partial charge in [-0.3, -0.25) is 4.79 Å². The number of hydrogen-bond acceptors (Lipinski definition) is 2. The predicted molar refractivity (Wildman–Crippen MR) is 72.1 cm³/mol. The van der Waals surface area contributed by atoms with Crippen LogP contribution in [0.2, 0.25) is 0 Å². The van der Waals surface area contributed by atoms with Gasteiger partial charge in [-0.15, -0.1) is 0 Å². The largest absolute Gasteiger partial charge is 0.481 e. The van der Waals surface area contributed by atoms with E-state index >= 15 is 0 Å². The Hall–Kier alpha value is -1.75. The van der Waals surface area contributed by atoms with E-state index in [0.29, 0.717) is 18.4 Å². The monoisotopic (exact) mass is 284 g/mol. The van der Waals surface area contributed by atoms with Crippen LogP contribution >= 0.6 is 0 Å². The maximum atomic E-state index is 13.5. The molecule has 0 bridgehead atoms. The zero-order valence-corrected chi connectivity index (χ0v) is 11.3. The normalized spacial score (nSPS) is 13.8. The molecule has 0 spiro atoms. The Morgan fingerprint density at radius 2 is 2.05 bits per heavy atom. The lowest BCUT2D eigenvalue weighted by Gasteiger charge is -2.21. The first-order chi connectivity index (χ1) is 9.30. The minimum Gasteiger partial charge on any atom is -0.481 e. The van der Waals surface area contributed by atoms with Crippen molar-refractivity contribution in [2.24, 2.45) is 5.41 Å². The van der Waals surface area contributed by atoms with E-state index in [1.54, 1.807) is 0 Å². The number of halogens is 2. The van der Waals surface area contributed by atoms with Gasteiger partial charge in [0.05, 0.1) is 12.0 Å². The third kappa shape index (κ3) is 3.87. The minimum atomic E-state index is -1.21. The highest BCUT2D eigenvalue weighted by Crippen LogP contribution is 2.28. The molecule has 0 heterocycles. The number of rotatable bonds is 7. The van der Waals surface area contributed by atoms with Gasteiger partial charge in [-0.2, -0.15) is 0 Å². The summed E-state index contributed by atoms with van der Waals surface area (Å²) < 4.78 is 26.3. The smallest absolute Gasteiger partial charge is 0.311 e. The molecule has 0 aliphatic carbocycles. The van der Waals surface area contributed by atoms with E-state index in [2.05, 4.69) is 6.58 Å². The van der Waals surface area contributed by atoms with Gasteiger partial charge in [-0.05, 0) is 43.9 Å². The molecule has 1 atom stereocenters. The molecule has 0 aromatic heterocycles. The molecule has 0 saturated carbocycles. The van der Waals surface area contributed by atoms with Crippen LogP contribution in [0.4, 0.5) is 8.78 Å². The number of benzene rings is 1. The van der Waals surface area contributed by atoms with Gasteiger partial charge in [0.25, 0.3) is 0 Å². The fraction of sp³-hybridized carbons (Fsp3) is 0.400. The molecule has 3 nitrogen and oxygen atoms in total. The summed E-state index contributed by atoms with van der Waals surface area (Å²) in [5.74, 6) is -2.41. The average molecular weight is 284 g/mol. The van der Waals surface area contributed by atoms with E-state index in [4.69, 9.17) is 10.2 Å². The molecule has 0 aliphatic heterocycles. The molecule has 0 amide bonds. The third-order valence-electron chi connectivity index (χ3n) is 3.38. The molecule has 0 aliphatic rings. The molecule has 5 heteroatoms. The highest BCUT2D eigenvalue weighted by molar-refractivity contribution is 5.74. The zero-order valence-electron chi connectivity index (χ0n) is 11.3. The van der Waals surface area contributed by atoms with Crippen LogP contribution in [0.15, 0.2) is 24.8 Å². The van der Waals surface area contributed by atoms with Crippen LogP contribution in [-0.4, -0.2) is 22.8 Å². The van der Waals surface area contributed by atoms with Crippen molar-refractivity contribution in [1.29, 1.82) is 0 Å². The Bertz CT molecular complexity index is 514. The maximum Gasteiger partial charge on any atom is 0.311 e. The van der Waals surface area contributed by atoms with Crippen molar-refractivity contribution in [3.63, 3.8) is 0 Å². The van der Waals surface area contributed by atoms with Crippen molar-refractivity contribution in [3.05, 3.63) is 42.0 Å². The lowest BCUT2D eigenvalue weighted by atomic mass is 9.85. The van der Waals surface area contributed by atoms with E-state index in [9.17, 15) is 13.6 Å². The van der Waals surface area contributed by atoms with E-state index in [0.717, 1.165) is 12.1 Å². The van der Waals surface area contributed by atoms with Gasteiger partial charge in [-0.25, -0.2) is 8.78 Å². The van der Waals surface area contributed by atoms with Crippen LogP contribution in [0.25, 0.3) is 5.57 Å². The van der Waals surface area contributed by atoms with Gasteiger partial charge >= 0.3 is 5.97 Å². The number of aliphatic hydroxyl groups excluding tert-OH is 1. The molecule has 20 heavy (non-hydrogen) atoms. The summed E-state index contributed by atoms with van der Waals surface area (Å²) in [4.78, 5) is 11.0. The van der Waals surface area contributed by atoms with Gasteiger partial charge in [-0.1, -0.05) is 6.58 Å². The van der Waals surface area contributed by atoms with Crippen LogP contribution in [0, 0.1) is 17.0 Å². The number of carbonyl (C=O) groups is 1. The Balaban J connectivity index is 2.62. The summed E-state index contributed by atoms with van der Waals surface area (Å²) in [5.41, 5.74) is -0.498. The molecule has 1 aromatic rings.